The third kappa shape index (κ3) is 3.73. The molecule has 2 heterocycles. The second kappa shape index (κ2) is 7.72. The first kappa shape index (κ1) is 19.2. The predicted octanol–water partition coefficient (Wildman–Crippen LogP) is 1.45. The van der Waals surface area contributed by atoms with E-state index in [1.165, 1.54) is 0 Å². The summed E-state index contributed by atoms with van der Waals surface area (Å²) in [6.07, 6.45) is 3.79. The van der Waals surface area contributed by atoms with Crippen LogP contribution in [0.4, 0.5) is 4.79 Å². The summed E-state index contributed by atoms with van der Waals surface area (Å²) in [4.78, 5) is 39.5. The van der Waals surface area contributed by atoms with Gasteiger partial charge in [-0.2, -0.15) is 0 Å². The fourth-order valence-corrected chi connectivity index (χ4v) is 4.43. The molecule has 7 nitrogen and oxygen atoms in total. The Bertz CT molecular complexity index is 791. The molecular formula is C20H25ClN4O3. The molecule has 1 aromatic rings. The fourth-order valence-electron chi connectivity index (χ4n) is 4.23. The average Bonchev–Trinajstić information content (AvgIpc) is 3.47. The van der Waals surface area contributed by atoms with Crippen molar-refractivity contribution in [3.63, 3.8) is 0 Å². The average molecular weight is 405 g/mol. The van der Waals surface area contributed by atoms with Crippen LogP contribution in [0, 0.1) is 5.92 Å². The number of amides is 4. The van der Waals surface area contributed by atoms with Gasteiger partial charge in [-0.3, -0.25) is 14.5 Å². The maximum atomic E-state index is 13.5. The van der Waals surface area contributed by atoms with Gasteiger partial charge in [-0.15, -0.1) is 0 Å². The second-order valence-electron chi connectivity index (χ2n) is 7.93. The van der Waals surface area contributed by atoms with Crippen molar-refractivity contribution in [3.05, 3.63) is 34.9 Å². The van der Waals surface area contributed by atoms with Gasteiger partial charge >= 0.3 is 6.03 Å². The Kier molecular flexibility index (Phi) is 5.29. The number of hydrogen-bond acceptors (Lipinski definition) is 4. The lowest BCUT2D eigenvalue weighted by Gasteiger charge is -2.38. The van der Waals surface area contributed by atoms with Crippen LogP contribution in [0.25, 0.3) is 0 Å². The first-order chi connectivity index (χ1) is 13.5. The van der Waals surface area contributed by atoms with E-state index < -0.39 is 11.6 Å². The Morgan fingerprint density at radius 1 is 1.18 bits per heavy atom. The number of hydrogen-bond donors (Lipinski definition) is 3. The summed E-state index contributed by atoms with van der Waals surface area (Å²) < 4.78 is 0. The van der Waals surface area contributed by atoms with Crippen LogP contribution in [0.1, 0.15) is 31.2 Å². The highest BCUT2D eigenvalue weighted by Gasteiger charge is 2.56. The smallest absolute Gasteiger partial charge is 0.325 e. The van der Waals surface area contributed by atoms with Crippen LogP contribution in [0.2, 0.25) is 5.02 Å². The zero-order chi connectivity index (χ0) is 19.7. The van der Waals surface area contributed by atoms with Crippen LogP contribution in [0.15, 0.2) is 24.3 Å². The number of carbonyl (C=O) groups excluding carboxylic acids is 3. The van der Waals surface area contributed by atoms with E-state index in [-0.39, 0.29) is 30.3 Å². The standard InChI is InChI=1S/C20H25ClN4O3/c21-16-4-2-1-3-13(16)11-20(14-7-9-22-10-8-14)18(27)25(19(28)24-20)12-17(26)23-15-5-6-15/h1-4,14-15,22H,5-12H2,(H,23,26)(H,24,28)/t20-/m1/s1. The summed E-state index contributed by atoms with van der Waals surface area (Å²) in [5, 5.41) is 9.67. The van der Waals surface area contributed by atoms with Crippen molar-refractivity contribution in [2.75, 3.05) is 19.6 Å². The third-order valence-electron chi connectivity index (χ3n) is 5.91. The lowest BCUT2D eigenvalue weighted by atomic mass is 9.74. The predicted molar refractivity (Wildman–Crippen MR) is 105 cm³/mol. The van der Waals surface area contributed by atoms with E-state index in [1.807, 2.05) is 18.2 Å². The molecule has 4 amide bonds. The van der Waals surface area contributed by atoms with Crippen LogP contribution >= 0.6 is 11.6 Å². The molecule has 1 saturated carbocycles. The molecule has 2 saturated heterocycles. The zero-order valence-corrected chi connectivity index (χ0v) is 16.4. The molecule has 0 spiro atoms. The van der Waals surface area contributed by atoms with Crippen LogP contribution in [0.3, 0.4) is 0 Å². The summed E-state index contributed by atoms with van der Waals surface area (Å²) in [7, 11) is 0. The summed E-state index contributed by atoms with van der Waals surface area (Å²) in [5.41, 5.74) is -0.245. The minimum absolute atomic E-state index is 0.0158. The topological polar surface area (TPSA) is 90.5 Å². The van der Waals surface area contributed by atoms with E-state index in [0.717, 1.165) is 49.2 Å². The molecule has 1 atom stereocenters. The minimum atomic E-state index is -1.07. The molecule has 28 heavy (non-hydrogen) atoms. The lowest BCUT2D eigenvalue weighted by Crippen LogP contribution is -2.57. The minimum Gasteiger partial charge on any atom is -0.352 e. The Morgan fingerprint density at radius 2 is 1.89 bits per heavy atom. The van der Waals surface area contributed by atoms with Crippen molar-refractivity contribution in [2.24, 2.45) is 5.92 Å². The van der Waals surface area contributed by atoms with Crippen molar-refractivity contribution in [1.29, 1.82) is 0 Å². The molecule has 3 fully saturated rings. The molecule has 0 bridgehead atoms. The number of carbonyl (C=O) groups is 3. The summed E-state index contributed by atoms with van der Waals surface area (Å²) in [6, 6.07) is 7.07. The molecule has 3 aliphatic rings. The van der Waals surface area contributed by atoms with E-state index in [2.05, 4.69) is 16.0 Å². The van der Waals surface area contributed by atoms with E-state index >= 15 is 0 Å². The van der Waals surface area contributed by atoms with Gasteiger partial charge in [-0.05, 0) is 56.3 Å². The van der Waals surface area contributed by atoms with E-state index in [0.29, 0.717) is 11.4 Å². The third-order valence-corrected chi connectivity index (χ3v) is 6.28. The Morgan fingerprint density at radius 3 is 2.57 bits per heavy atom. The molecular weight excluding hydrogens is 380 g/mol. The molecule has 2 aliphatic heterocycles. The number of rotatable bonds is 6. The maximum Gasteiger partial charge on any atom is 0.325 e. The summed E-state index contributed by atoms with van der Waals surface area (Å²) in [6.45, 7) is 1.34. The number of nitrogens with zero attached hydrogens (tertiary/aromatic N) is 1. The van der Waals surface area contributed by atoms with Gasteiger partial charge in [0.15, 0.2) is 0 Å². The molecule has 1 aromatic carbocycles. The number of urea groups is 1. The van der Waals surface area contributed by atoms with Crippen LogP contribution in [-0.4, -0.2) is 54.0 Å². The highest BCUT2D eigenvalue weighted by atomic mass is 35.5. The van der Waals surface area contributed by atoms with Crippen molar-refractivity contribution in [1.82, 2.24) is 20.9 Å². The number of benzene rings is 1. The zero-order valence-electron chi connectivity index (χ0n) is 15.7. The van der Waals surface area contributed by atoms with Gasteiger partial charge < -0.3 is 16.0 Å². The van der Waals surface area contributed by atoms with Gasteiger partial charge in [0.1, 0.15) is 12.1 Å². The highest BCUT2D eigenvalue weighted by Crippen LogP contribution is 2.36. The van der Waals surface area contributed by atoms with Crippen molar-refractivity contribution < 1.29 is 14.4 Å². The van der Waals surface area contributed by atoms with Gasteiger partial charge in [-0.25, -0.2) is 4.79 Å². The molecule has 4 rings (SSSR count). The largest absolute Gasteiger partial charge is 0.352 e. The molecule has 0 radical (unpaired) electrons. The number of halogens is 1. The first-order valence-corrected chi connectivity index (χ1v) is 10.2. The second-order valence-corrected chi connectivity index (χ2v) is 8.33. The molecule has 150 valence electrons. The molecule has 0 aromatic heterocycles. The monoisotopic (exact) mass is 404 g/mol. The van der Waals surface area contributed by atoms with Crippen molar-refractivity contribution in [3.8, 4) is 0 Å². The van der Waals surface area contributed by atoms with E-state index in [4.69, 9.17) is 11.6 Å². The number of imide groups is 1. The lowest BCUT2D eigenvalue weighted by molar-refractivity contribution is -0.136. The van der Waals surface area contributed by atoms with Crippen molar-refractivity contribution in [2.45, 2.75) is 43.7 Å². The highest BCUT2D eigenvalue weighted by molar-refractivity contribution is 6.31. The van der Waals surface area contributed by atoms with Gasteiger partial charge in [0.2, 0.25) is 5.91 Å². The normalized spacial score (nSPS) is 25.7. The quantitative estimate of drug-likeness (QED) is 0.626. The van der Waals surface area contributed by atoms with E-state index in [1.54, 1.807) is 6.07 Å². The Balaban J connectivity index is 1.61. The molecule has 1 aliphatic carbocycles. The van der Waals surface area contributed by atoms with Gasteiger partial charge in [0, 0.05) is 17.5 Å². The summed E-state index contributed by atoms with van der Waals surface area (Å²) >= 11 is 6.36. The van der Waals surface area contributed by atoms with Crippen LogP contribution < -0.4 is 16.0 Å². The van der Waals surface area contributed by atoms with Gasteiger partial charge in [-0.1, -0.05) is 29.8 Å². The molecule has 0 unspecified atom stereocenters. The Hall–Kier alpha value is -2.12. The number of nitrogens with one attached hydrogen (secondary N) is 3. The molecule has 8 heteroatoms. The van der Waals surface area contributed by atoms with Gasteiger partial charge in [0.05, 0.1) is 0 Å². The van der Waals surface area contributed by atoms with E-state index in [9.17, 15) is 14.4 Å². The van der Waals surface area contributed by atoms with Crippen molar-refractivity contribution >= 4 is 29.4 Å². The SMILES string of the molecule is O=C(CN1C(=O)N[C@](Cc2ccccc2Cl)(C2CCNCC2)C1=O)NC1CC1. The van der Waals surface area contributed by atoms with Crippen LogP contribution in [-0.2, 0) is 16.0 Å². The first-order valence-electron chi connectivity index (χ1n) is 9.87. The maximum absolute atomic E-state index is 13.5. The number of piperidine rings is 1. The summed E-state index contributed by atoms with van der Waals surface area (Å²) in [5.74, 6) is -0.627. The van der Waals surface area contributed by atoms with Crippen LogP contribution in [0.5, 0.6) is 0 Å². The molecule has 3 N–H and O–H groups in total. The fraction of sp³-hybridized carbons (Fsp3) is 0.550. The van der Waals surface area contributed by atoms with Gasteiger partial charge in [0.25, 0.3) is 5.91 Å². The Labute approximate surface area is 169 Å².